The number of carbonyl (C=O) groups excluding carboxylic acids is 7. The number of para-hydroxylation sites is 2. The molecule has 0 bridgehead atoms. The van der Waals surface area contributed by atoms with Gasteiger partial charge in [0.15, 0.2) is 0 Å². The Labute approximate surface area is 433 Å². The number of amides is 7. The molecule has 398 valence electrons. The molecule has 6 atom stereocenters. The number of fused-ring (bicyclic) bond motifs is 2. The van der Waals surface area contributed by atoms with E-state index in [4.69, 9.17) is 17.2 Å². The summed E-state index contributed by atoms with van der Waals surface area (Å²) in [4.78, 5) is 107. The number of carbonyl (C=O) groups is 7. The Bertz CT molecular complexity index is 2630. The van der Waals surface area contributed by atoms with Crippen LogP contribution in [-0.4, -0.2) is 112 Å². The second kappa shape index (κ2) is 29.0. The molecule has 13 N–H and O–H groups in total. The molecule has 74 heavy (non-hydrogen) atoms. The molecule has 3 aromatic carbocycles. The number of aromatic nitrogens is 2. The minimum Gasteiger partial charge on any atom is -0.368 e. The van der Waals surface area contributed by atoms with Crippen LogP contribution in [0.3, 0.4) is 0 Å². The molecule has 0 aliphatic carbocycles. The van der Waals surface area contributed by atoms with Crippen LogP contribution in [0.25, 0.3) is 21.8 Å². The average Bonchev–Trinajstić information content (AvgIpc) is 4.17. The van der Waals surface area contributed by atoms with Crippen molar-refractivity contribution in [2.75, 3.05) is 19.6 Å². The van der Waals surface area contributed by atoms with Crippen LogP contribution in [0.4, 0.5) is 0 Å². The highest BCUT2D eigenvalue weighted by atomic mass is 16.2. The van der Waals surface area contributed by atoms with E-state index in [1.807, 2.05) is 78.9 Å². The van der Waals surface area contributed by atoms with Crippen molar-refractivity contribution in [3.05, 3.63) is 108 Å². The zero-order valence-corrected chi connectivity index (χ0v) is 42.8. The third-order valence-electron chi connectivity index (χ3n) is 13.9. The molecule has 0 radical (unpaired) electrons. The van der Waals surface area contributed by atoms with Gasteiger partial charge in [-0.3, -0.25) is 33.6 Å². The van der Waals surface area contributed by atoms with E-state index in [2.05, 4.69) is 43.5 Å². The van der Waals surface area contributed by atoms with E-state index in [0.717, 1.165) is 64.2 Å². The number of primary amides is 1. The summed E-state index contributed by atoms with van der Waals surface area (Å²) in [5, 5.41) is 16.3. The number of nitrogens with one attached hydrogen (secondary N) is 7. The molecule has 6 rings (SSSR count). The molecule has 18 heteroatoms. The number of rotatable bonds is 31. The highest BCUT2D eigenvalue weighted by molar-refractivity contribution is 5.98. The smallest absolute Gasteiger partial charge is 0.246 e. The molecular weight excluding hydrogens is 939 g/mol. The maximum atomic E-state index is 15.0. The number of aromatic amines is 2. The molecular formula is C56H77N11O7. The third-order valence-corrected chi connectivity index (χ3v) is 13.9. The lowest BCUT2D eigenvalue weighted by molar-refractivity contribution is -0.142. The first-order chi connectivity index (χ1) is 35.9. The lowest BCUT2D eigenvalue weighted by atomic mass is 10.0. The van der Waals surface area contributed by atoms with Crippen molar-refractivity contribution in [3.63, 3.8) is 0 Å². The second-order valence-electron chi connectivity index (χ2n) is 19.5. The van der Waals surface area contributed by atoms with E-state index in [1.54, 1.807) is 12.4 Å². The van der Waals surface area contributed by atoms with Crippen LogP contribution >= 0.6 is 0 Å². The zero-order chi connectivity index (χ0) is 52.8. The molecule has 3 heterocycles. The predicted molar refractivity (Wildman–Crippen MR) is 287 cm³/mol. The largest absolute Gasteiger partial charge is 0.368 e. The van der Waals surface area contributed by atoms with Crippen molar-refractivity contribution < 1.29 is 33.6 Å². The van der Waals surface area contributed by atoms with Crippen molar-refractivity contribution in [2.24, 2.45) is 17.2 Å². The molecule has 1 fully saturated rings. The number of hydrogen-bond donors (Lipinski definition) is 10. The number of likely N-dealkylation sites (tertiary alicyclic amines) is 1. The van der Waals surface area contributed by atoms with E-state index >= 15 is 0 Å². The van der Waals surface area contributed by atoms with Gasteiger partial charge in [-0.05, 0) is 99.7 Å². The maximum absolute atomic E-state index is 15.0. The molecule has 2 aromatic heterocycles. The molecule has 0 unspecified atom stereocenters. The van der Waals surface area contributed by atoms with Gasteiger partial charge in [0, 0.05) is 66.4 Å². The lowest BCUT2D eigenvalue weighted by Gasteiger charge is -2.31. The Morgan fingerprint density at radius 2 is 1.11 bits per heavy atom. The van der Waals surface area contributed by atoms with Crippen molar-refractivity contribution in [2.45, 2.75) is 152 Å². The number of unbranched alkanes of at least 4 members (excludes halogenated alkanes) is 6. The normalized spacial score (nSPS) is 15.4. The fourth-order valence-electron chi connectivity index (χ4n) is 9.79. The van der Waals surface area contributed by atoms with Gasteiger partial charge in [0.2, 0.25) is 41.4 Å². The standard InChI is InChI=1S/C56H77N11O7/c1-2-3-4-5-9-28-50(68)62-44(25-14-16-29-57)52(70)65-47(32-37-19-7-6-8-20-37)54(72)63-45(26-15-17-30-58)53(71)66-48(34-39-36-61-43-24-13-11-22-41(39)43)56(74)67-31-18-27-49(67)55(73)64-46(51(59)69)33-38-35-60-42-23-12-10-21-40(38)42/h6-8,10-13,19-24,35-36,44-49,60-61H,2-5,9,14-18,25-34,57-58H2,1H3,(H2,59,69)(H,62,68)(H,63,72)(H,64,73)(H,65,70)(H,66,71)/t44-,45-,46+,47-,48-,49-/m1/s1. The molecule has 18 nitrogen and oxygen atoms in total. The van der Waals surface area contributed by atoms with Gasteiger partial charge in [-0.2, -0.15) is 0 Å². The Kier molecular flexibility index (Phi) is 22.0. The van der Waals surface area contributed by atoms with Crippen molar-refractivity contribution in [1.29, 1.82) is 0 Å². The van der Waals surface area contributed by atoms with Gasteiger partial charge < -0.3 is 58.7 Å². The number of nitrogens with two attached hydrogens (primary N) is 3. The Balaban J connectivity index is 1.23. The molecule has 0 saturated carbocycles. The molecule has 1 saturated heterocycles. The molecule has 5 aromatic rings. The van der Waals surface area contributed by atoms with Crippen molar-refractivity contribution in [1.82, 2.24) is 41.5 Å². The fraction of sp³-hybridized carbons (Fsp3) is 0.482. The molecule has 1 aliphatic heterocycles. The first-order valence-electron chi connectivity index (χ1n) is 26.5. The third kappa shape index (κ3) is 16.2. The highest BCUT2D eigenvalue weighted by Gasteiger charge is 2.40. The molecule has 0 spiro atoms. The summed E-state index contributed by atoms with van der Waals surface area (Å²) in [7, 11) is 0. The first kappa shape index (κ1) is 56.2. The summed E-state index contributed by atoms with van der Waals surface area (Å²) in [5.41, 5.74) is 21.5. The topological polar surface area (TPSA) is 293 Å². The van der Waals surface area contributed by atoms with Crippen LogP contribution < -0.4 is 43.8 Å². The number of hydrogen-bond acceptors (Lipinski definition) is 9. The summed E-state index contributed by atoms with van der Waals surface area (Å²) in [6.45, 7) is 3.09. The number of nitrogens with zero attached hydrogens (tertiary/aromatic N) is 1. The summed E-state index contributed by atoms with van der Waals surface area (Å²) >= 11 is 0. The van der Waals surface area contributed by atoms with E-state index in [1.165, 1.54) is 4.90 Å². The van der Waals surface area contributed by atoms with Gasteiger partial charge >= 0.3 is 0 Å². The van der Waals surface area contributed by atoms with Crippen LogP contribution in [0.5, 0.6) is 0 Å². The van der Waals surface area contributed by atoms with E-state index in [-0.39, 0.29) is 44.6 Å². The Morgan fingerprint density at radius 1 is 0.581 bits per heavy atom. The zero-order valence-electron chi connectivity index (χ0n) is 42.8. The van der Waals surface area contributed by atoms with Crippen LogP contribution in [-0.2, 0) is 52.8 Å². The summed E-state index contributed by atoms with van der Waals surface area (Å²) in [5.74, 6) is -3.84. The summed E-state index contributed by atoms with van der Waals surface area (Å²) < 4.78 is 0. The summed E-state index contributed by atoms with van der Waals surface area (Å²) in [6.07, 6.45) is 12.4. The van der Waals surface area contributed by atoms with Gasteiger partial charge in [0.05, 0.1) is 0 Å². The van der Waals surface area contributed by atoms with E-state index in [0.29, 0.717) is 64.5 Å². The second-order valence-corrected chi connectivity index (χ2v) is 19.5. The van der Waals surface area contributed by atoms with Crippen LogP contribution in [0.2, 0.25) is 0 Å². The van der Waals surface area contributed by atoms with Crippen molar-refractivity contribution >= 4 is 63.2 Å². The van der Waals surface area contributed by atoms with Crippen LogP contribution in [0.1, 0.15) is 114 Å². The molecule has 1 aliphatic rings. The van der Waals surface area contributed by atoms with Gasteiger partial charge in [-0.1, -0.05) is 99.3 Å². The van der Waals surface area contributed by atoms with Gasteiger partial charge in [0.25, 0.3) is 0 Å². The predicted octanol–water partition coefficient (Wildman–Crippen LogP) is 4.20. The van der Waals surface area contributed by atoms with E-state index in [9.17, 15) is 33.6 Å². The van der Waals surface area contributed by atoms with Crippen molar-refractivity contribution in [3.8, 4) is 0 Å². The molecule has 7 amide bonds. The van der Waals surface area contributed by atoms with E-state index < -0.39 is 71.7 Å². The van der Waals surface area contributed by atoms with Gasteiger partial charge in [-0.25, -0.2) is 0 Å². The maximum Gasteiger partial charge on any atom is 0.246 e. The Morgan fingerprint density at radius 3 is 1.70 bits per heavy atom. The monoisotopic (exact) mass is 1020 g/mol. The van der Waals surface area contributed by atoms with Gasteiger partial charge in [-0.15, -0.1) is 0 Å². The van der Waals surface area contributed by atoms with Crippen LogP contribution in [0.15, 0.2) is 91.3 Å². The first-order valence-corrected chi connectivity index (χ1v) is 26.5. The minimum atomic E-state index is -1.20. The number of H-pyrrole nitrogens is 2. The SMILES string of the molecule is CCCCCCCC(=O)N[C@H](CCCCN)C(=O)N[C@H](Cc1ccccc1)C(=O)N[C@H](CCCCN)C(=O)N[C@H](Cc1c[nH]c2ccccc12)C(=O)N1CCC[C@@H]1C(=O)N[C@@H](Cc1c[nH]c2ccccc12)C(N)=O. The summed E-state index contributed by atoms with van der Waals surface area (Å²) in [6, 6.07) is 17.8. The Hall–Kier alpha value is -7.05. The van der Waals surface area contributed by atoms with Crippen LogP contribution in [0, 0.1) is 0 Å². The lowest BCUT2D eigenvalue weighted by Crippen LogP contribution is -2.60. The highest BCUT2D eigenvalue weighted by Crippen LogP contribution is 2.25. The van der Waals surface area contributed by atoms with Gasteiger partial charge in [0.1, 0.15) is 36.3 Å². The average molecular weight is 1020 g/mol. The number of benzene rings is 3. The quantitative estimate of drug-likeness (QED) is 0.0285. The fourth-order valence-corrected chi connectivity index (χ4v) is 9.79. The minimum absolute atomic E-state index is 0.0378.